The zero-order chi connectivity index (χ0) is 28.5. The average molecular weight is 544 g/mol. The normalized spacial score (nSPS) is 27.0. The fraction of sp³-hybridized carbons (Fsp3) is 0.500. The Kier molecular flexibility index (Phi) is 16.3. The lowest BCUT2D eigenvalue weighted by Gasteiger charge is -2.16. The Hall–Kier alpha value is -2.68. The lowest BCUT2D eigenvalue weighted by atomic mass is 10.1. The summed E-state index contributed by atoms with van der Waals surface area (Å²) >= 11 is 1.53. The van der Waals surface area contributed by atoms with E-state index in [2.05, 4.69) is 22.9 Å². The summed E-state index contributed by atoms with van der Waals surface area (Å²) in [6.07, 6.45) is 17.4. The second-order valence-corrected chi connectivity index (χ2v) is 10.6. The monoisotopic (exact) mass is 543 g/mol. The fourth-order valence-electron chi connectivity index (χ4n) is 3.49. The predicted molar refractivity (Wildman–Crippen MR) is 160 cm³/mol. The van der Waals surface area contributed by atoms with Gasteiger partial charge in [0.2, 0.25) is 0 Å². The summed E-state index contributed by atoms with van der Waals surface area (Å²) in [5, 5.41) is 1.93. The number of allylic oxidation sites excluding steroid dienone is 7. The van der Waals surface area contributed by atoms with Crippen LogP contribution in [0.4, 0.5) is 0 Å². The van der Waals surface area contributed by atoms with Crippen LogP contribution in [0.2, 0.25) is 0 Å². The van der Waals surface area contributed by atoms with Crippen LogP contribution in [0, 0.1) is 0 Å². The molecule has 0 fully saturated rings. The van der Waals surface area contributed by atoms with Gasteiger partial charge in [-0.05, 0) is 72.4 Å². The van der Waals surface area contributed by atoms with Crippen molar-refractivity contribution in [3.63, 3.8) is 0 Å². The molecule has 0 aliphatic carbocycles. The van der Waals surface area contributed by atoms with Gasteiger partial charge in [0.25, 0.3) is 0 Å². The highest BCUT2D eigenvalue weighted by Crippen LogP contribution is 2.16. The number of aliphatic imine (C=N–C) groups is 1. The first-order valence-corrected chi connectivity index (χ1v) is 14.2. The molecular formula is C30H45N3O4S. The second-order valence-electron chi connectivity index (χ2n) is 9.86. The third-order valence-electron chi connectivity index (χ3n) is 5.46. The van der Waals surface area contributed by atoms with Crippen molar-refractivity contribution in [2.75, 3.05) is 26.9 Å². The van der Waals surface area contributed by atoms with Crippen molar-refractivity contribution >= 4 is 29.9 Å². The maximum Gasteiger partial charge on any atom is 0.331 e. The Bertz CT molecular complexity index is 989. The third kappa shape index (κ3) is 16.2. The minimum Gasteiger partial charge on any atom is -0.462 e. The molecule has 1 rings (SSSR count). The van der Waals surface area contributed by atoms with E-state index in [1.807, 2.05) is 70.8 Å². The number of cyclic esters (lactones) is 2. The van der Waals surface area contributed by atoms with E-state index < -0.39 is 12.1 Å². The SMILES string of the molecule is CSC=C1CCC(N)CC(=O)OC(C)C/C(C)=C/C=C\C(=O)OC(/C=C(C)/C=C/C(C)=C/CN(C)C)C=N1. The van der Waals surface area contributed by atoms with Crippen molar-refractivity contribution in [2.24, 2.45) is 10.7 Å². The predicted octanol–water partition coefficient (Wildman–Crippen LogP) is 5.52. The van der Waals surface area contributed by atoms with Crippen molar-refractivity contribution in [2.45, 2.75) is 71.6 Å². The first-order chi connectivity index (χ1) is 18.0. The topological polar surface area (TPSA) is 94.2 Å². The summed E-state index contributed by atoms with van der Waals surface area (Å²) in [7, 11) is 4.05. The van der Waals surface area contributed by atoms with Crippen LogP contribution in [0.25, 0.3) is 0 Å². The van der Waals surface area contributed by atoms with E-state index in [9.17, 15) is 9.59 Å². The van der Waals surface area contributed by atoms with Crippen LogP contribution in [0.5, 0.6) is 0 Å². The zero-order valence-electron chi connectivity index (χ0n) is 24.0. The largest absolute Gasteiger partial charge is 0.462 e. The van der Waals surface area contributed by atoms with Gasteiger partial charge >= 0.3 is 11.9 Å². The summed E-state index contributed by atoms with van der Waals surface area (Å²) in [4.78, 5) is 31.6. The number of nitrogens with zero attached hydrogens (tertiary/aromatic N) is 2. The quantitative estimate of drug-likeness (QED) is 0.348. The van der Waals surface area contributed by atoms with Crippen LogP contribution >= 0.6 is 11.8 Å². The molecule has 7 nitrogen and oxygen atoms in total. The van der Waals surface area contributed by atoms with Gasteiger partial charge in [0.05, 0.1) is 6.42 Å². The van der Waals surface area contributed by atoms with E-state index in [0.29, 0.717) is 19.3 Å². The number of hydrogen-bond acceptors (Lipinski definition) is 8. The molecule has 1 aliphatic heterocycles. The Balaban J connectivity index is 3.23. The van der Waals surface area contributed by atoms with Gasteiger partial charge < -0.3 is 20.1 Å². The minimum absolute atomic E-state index is 0.153. The molecule has 3 atom stereocenters. The molecule has 8 heteroatoms. The number of ether oxygens (including phenoxy) is 2. The molecule has 210 valence electrons. The van der Waals surface area contributed by atoms with Crippen molar-refractivity contribution < 1.29 is 19.1 Å². The molecule has 0 aromatic rings. The van der Waals surface area contributed by atoms with Gasteiger partial charge in [0.15, 0.2) is 6.10 Å². The molecule has 0 bridgehead atoms. The first kappa shape index (κ1) is 33.3. The van der Waals surface area contributed by atoms with E-state index in [-0.39, 0.29) is 24.5 Å². The van der Waals surface area contributed by atoms with Gasteiger partial charge in [-0.25, -0.2) is 4.79 Å². The molecule has 1 heterocycles. The Morgan fingerprint density at radius 2 is 1.89 bits per heavy atom. The van der Waals surface area contributed by atoms with Crippen LogP contribution in [-0.4, -0.2) is 68.2 Å². The van der Waals surface area contributed by atoms with Gasteiger partial charge in [-0.15, -0.1) is 11.8 Å². The molecule has 3 unspecified atom stereocenters. The summed E-state index contributed by atoms with van der Waals surface area (Å²) in [6.45, 7) is 8.64. The number of carbonyl (C=O) groups is 2. The Labute approximate surface area is 233 Å². The molecule has 0 amide bonds. The lowest BCUT2D eigenvalue weighted by Crippen LogP contribution is -2.27. The Morgan fingerprint density at radius 3 is 2.58 bits per heavy atom. The smallest absolute Gasteiger partial charge is 0.331 e. The van der Waals surface area contributed by atoms with Crippen LogP contribution in [0.3, 0.4) is 0 Å². The van der Waals surface area contributed by atoms with E-state index in [1.165, 1.54) is 17.8 Å². The molecule has 38 heavy (non-hydrogen) atoms. The number of rotatable bonds is 6. The number of likely N-dealkylation sites (N-methyl/N-ethyl adjacent to an activating group) is 1. The van der Waals surface area contributed by atoms with Crippen LogP contribution in [-0.2, 0) is 19.1 Å². The van der Waals surface area contributed by atoms with E-state index in [0.717, 1.165) is 29.0 Å². The van der Waals surface area contributed by atoms with Crippen LogP contribution < -0.4 is 5.73 Å². The molecule has 0 saturated carbocycles. The Morgan fingerprint density at radius 1 is 1.18 bits per heavy atom. The summed E-state index contributed by atoms with van der Waals surface area (Å²) in [5.41, 5.74) is 10.1. The molecule has 0 aromatic carbocycles. The summed E-state index contributed by atoms with van der Waals surface area (Å²) < 4.78 is 11.2. The van der Waals surface area contributed by atoms with Crippen molar-refractivity contribution in [1.29, 1.82) is 0 Å². The second kappa shape index (κ2) is 18.6. The summed E-state index contributed by atoms with van der Waals surface area (Å²) in [6, 6.07) is -0.335. The zero-order valence-corrected chi connectivity index (χ0v) is 24.8. The molecule has 0 radical (unpaired) electrons. The maximum absolute atomic E-state index is 12.6. The van der Waals surface area contributed by atoms with Gasteiger partial charge in [-0.2, -0.15) is 0 Å². The third-order valence-corrected chi connectivity index (χ3v) is 5.97. The van der Waals surface area contributed by atoms with E-state index in [1.54, 1.807) is 12.3 Å². The van der Waals surface area contributed by atoms with Gasteiger partial charge in [-0.3, -0.25) is 9.79 Å². The van der Waals surface area contributed by atoms with Crippen molar-refractivity contribution in [3.8, 4) is 0 Å². The highest BCUT2D eigenvalue weighted by atomic mass is 32.2. The average Bonchev–Trinajstić information content (AvgIpc) is 2.82. The number of nitrogens with two attached hydrogens (primary N) is 1. The maximum atomic E-state index is 12.6. The highest BCUT2D eigenvalue weighted by molar-refractivity contribution is 8.01. The molecule has 2 N–H and O–H groups in total. The van der Waals surface area contributed by atoms with Crippen LogP contribution in [0.15, 0.2) is 75.3 Å². The number of carbonyl (C=O) groups excluding carboxylic acids is 2. The lowest BCUT2D eigenvalue weighted by molar-refractivity contribution is -0.148. The molecule has 0 spiro atoms. The van der Waals surface area contributed by atoms with E-state index in [4.69, 9.17) is 15.2 Å². The minimum atomic E-state index is -0.652. The van der Waals surface area contributed by atoms with Crippen molar-refractivity contribution in [3.05, 3.63) is 70.4 Å². The molecule has 1 aliphatic rings. The number of hydrogen-bond donors (Lipinski definition) is 1. The summed E-state index contributed by atoms with van der Waals surface area (Å²) in [5.74, 6) is -0.781. The number of thioether (sulfide) groups is 1. The standard InChI is InChI=1S/C30H45N3O4S/c1-22(15-16-33(5)6)11-12-24(3)18-28-20-32-27(21-38-7)14-13-26(31)19-30(35)36-25(4)17-23(2)9-8-10-29(34)37-28/h8-12,15,18,20-21,25-26,28H,13-14,16-17,19,31H2,1-7H3/b10-8-,12-11+,22-15+,23-9+,24-18+,27-21?,32-20?. The molecule has 0 saturated heterocycles. The molecular weight excluding hydrogens is 498 g/mol. The first-order valence-electron chi connectivity index (χ1n) is 12.9. The van der Waals surface area contributed by atoms with E-state index >= 15 is 0 Å². The molecule has 0 aromatic heterocycles. The number of esters is 2. The van der Waals surface area contributed by atoms with Gasteiger partial charge in [0, 0.05) is 37.0 Å². The van der Waals surface area contributed by atoms with Crippen molar-refractivity contribution in [1.82, 2.24) is 4.90 Å². The fourth-order valence-corrected chi connectivity index (χ4v) is 3.94. The van der Waals surface area contributed by atoms with Gasteiger partial charge in [0.1, 0.15) is 6.10 Å². The highest BCUT2D eigenvalue weighted by Gasteiger charge is 2.15. The van der Waals surface area contributed by atoms with Gasteiger partial charge in [-0.1, -0.05) is 47.1 Å². The van der Waals surface area contributed by atoms with Crippen LogP contribution in [0.1, 0.15) is 53.4 Å².